The van der Waals surface area contributed by atoms with E-state index in [1.165, 1.54) is 7.11 Å². The van der Waals surface area contributed by atoms with Gasteiger partial charge in [-0.05, 0) is 49.9 Å². The molecule has 2 N–H and O–H groups in total. The summed E-state index contributed by atoms with van der Waals surface area (Å²) in [5.41, 5.74) is 0.767. The monoisotopic (exact) mass is 363 g/mol. The number of aliphatic hydroxyl groups is 1. The molecule has 0 amide bonds. The number of benzene rings is 2. The average Bonchev–Trinajstić information content (AvgIpc) is 2.59. The van der Waals surface area contributed by atoms with Crippen molar-refractivity contribution < 1.29 is 18.3 Å². The summed E-state index contributed by atoms with van der Waals surface area (Å²) >= 11 is 0. The Morgan fingerprint density at radius 1 is 1.16 bits per heavy atom. The smallest absolute Gasteiger partial charge is 0.244 e. The number of hydrogen-bond donors (Lipinski definition) is 2. The molecule has 2 aromatic rings. The third kappa shape index (κ3) is 5.56. The van der Waals surface area contributed by atoms with Crippen molar-refractivity contribution in [1.82, 2.24) is 4.72 Å². The molecular weight excluding hydrogens is 338 g/mol. The van der Waals surface area contributed by atoms with Crippen molar-refractivity contribution in [1.29, 1.82) is 0 Å². The van der Waals surface area contributed by atoms with E-state index in [1.54, 1.807) is 25.1 Å². The molecule has 6 heteroatoms. The Morgan fingerprint density at radius 2 is 1.84 bits per heavy atom. The zero-order valence-electron chi connectivity index (χ0n) is 14.8. The summed E-state index contributed by atoms with van der Waals surface area (Å²) in [5.74, 6) is 0.280. The Morgan fingerprint density at radius 3 is 2.48 bits per heavy atom. The maximum Gasteiger partial charge on any atom is 0.244 e. The zero-order valence-corrected chi connectivity index (χ0v) is 15.6. The second-order valence-corrected chi connectivity index (χ2v) is 8.20. The highest BCUT2D eigenvalue weighted by atomic mass is 32.2. The number of methoxy groups -OCH3 is 1. The van der Waals surface area contributed by atoms with Gasteiger partial charge in [0.2, 0.25) is 10.0 Å². The molecule has 0 aliphatic rings. The van der Waals surface area contributed by atoms with Gasteiger partial charge in [0.05, 0.1) is 12.7 Å². The molecule has 5 nitrogen and oxygen atoms in total. The Hall–Kier alpha value is -1.89. The van der Waals surface area contributed by atoms with Crippen LogP contribution in [0.2, 0.25) is 0 Å². The van der Waals surface area contributed by atoms with Gasteiger partial charge in [0.25, 0.3) is 0 Å². The maximum absolute atomic E-state index is 12.6. The number of nitrogens with one attached hydrogen (secondary N) is 1. The molecule has 0 radical (unpaired) electrons. The quantitative estimate of drug-likeness (QED) is 0.756. The predicted octanol–water partition coefficient (Wildman–Crippen LogP) is 2.67. The van der Waals surface area contributed by atoms with Gasteiger partial charge >= 0.3 is 0 Å². The second kappa shape index (κ2) is 7.99. The molecule has 136 valence electrons. The summed E-state index contributed by atoms with van der Waals surface area (Å²) in [4.78, 5) is 0.0776. The van der Waals surface area contributed by atoms with E-state index in [0.717, 1.165) is 11.1 Å². The van der Waals surface area contributed by atoms with Crippen LogP contribution in [0.3, 0.4) is 0 Å². The third-order valence-corrected chi connectivity index (χ3v) is 5.47. The van der Waals surface area contributed by atoms with Gasteiger partial charge in [-0.15, -0.1) is 0 Å². The molecule has 0 aromatic heterocycles. The first-order chi connectivity index (χ1) is 11.7. The number of rotatable bonds is 8. The van der Waals surface area contributed by atoms with Crippen LogP contribution >= 0.6 is 0 Å². The van der Waals surface area contributed by atoms with Crippen molar-refractivity contribution in [3.63, 3.8) is 0 Å². The van der Waals surface area contributed by atoms with Crippen LogP contribution < -0.4 is 9.46 Å². The lowest BCUT2D eigenvalue weighted by Crippen LogP contribution is -2.41. The number of ether oxygens (including phenoxy) is 1. The van der Waals surface area contributed by atoms with E-state index < -0.39 is 15.6 Å². The number of sulfonamides is 1. The highest BCUT2D eigenvalue weighted by Crippen LogP contribution is 2.25. The molecule has 0 saturated carbocycles. The lowest BCUT2D eigenvalue weighted by atomic mass is 9.97. The fourth-order valence-corrected chi connectivity index (χ4v) is 3.88. The Kier molecular flexibility index (Phi) is 6.21. The highest BCUT2D eigenvalue weighted by molar-refractivity contribution is 7.89. The fourth-order valence-electron chi connectivity index (χ4n) is 2.47. The Labute approximate surface area is 149 Å². The molecule has 1 unspecified atom stereocenters. The van der Waals surface area contributed by atoms with Crippen LogP contribution in [-0.4, -0.2) is 32.8 Å². The molecule has 0 aliphatic carbocycles. The lowest BCUT2D eigenvalue weighted by Gasteiger charge is -2.24. The van der Waals surface area contributed by atoms with Crippen molar-refractivity contribution in [3.8, 4) is 5.75 Å². The Bertz CT molecular complexity index is 801. The molecular formula is C19H25NO4S. The van der Waals surface area contributed by atoms with Gasteiger partial charge in [-0.3, -0.25) is 0 Å². The summed E-state index contributed by atoms with van der Waals surface area (Å²) in [7, 11) is -2.35. The minimum absolute atomic E-state index is 0.0702. The van der Waals surface area contributed by atoms with Crippen LogP contribution in [0.15, 0.2) is 53.4 Å². The minimum atomic E-state index is -3.78. The molecule has 2 aromatic carbocycles. The molecule has 0 aliphatic heterocycles. The SMILES string of the molecule is COc1ccc(C)cc1S(=O)(=O)NCC(C)(O)CCc1ccccc1. The van der Waals surface area contributed by atoms with Gasteiger partial charge in [0, 0.05) is 6.54 Å². The van der Waals surface area contributed by atoms with E-state index in [4.69, 9.17) is 4.74 Å². The molecule has 0 heterocycles. The first kappa shape index (κ1) is 19.4. The van der Waals surface area contributed by atoms with E-state index >= 15 is 0 Å². The molecule has 1 atom stereocenters. The van der Waals surface area contributed by atoms with Crippen LogP contribution in [0.25, 0.3) is 0 Å². The minimum Gasteiger partial charge on any atom is -0.495 e. The summed E-state index contributed by atoms with van der Waals surface area (Å²) in [6.45, 7) is 3.37. The van der Waals surface area contributed by atoms with E-state index in [1.807, 2.05) is 37.3 Å². The van der Waals surface area contributed by atoms with Gasteiger partial charge in [-0.25, -0.2) is 13.1 Å². The molecule has 0 bridgehead atoms. The van der Waals surface area contributed by atoms with Crippen LogP contribution in [0.4, 0.5) is 0 Å². The van der Waals surface area contributed by atoms with Crippen molar-refractivity contribution in [2.45, 2.75) is 37.2 Å². The predicted molar refractivity (Wildman–Crippen MR) is 98.3 cm³/mol. The van der Waals surface area contributed by atoms with E-state index in [2.05, 4.69) is 4.72 Å². The largest absolute Gasteiger partial charge is 0.495 e. The van der Waals surface area contributed by atoms with Gasteiger partial charge in [0.15, 0.2) is 0 Å². The molecule has 0 saturated heterocycles. The maximum atomic E-state index is 12.6. The first-order valence-electron chi connectivity index (χ1n) is 8.14. The highest BCUT2D eigenvalue weighted by Gasteiger charge is 2.26. The fraction of sp³-hybridized carbons (Fsp3) is 0.368. The van der Waals surface area contributed by atoms with Crippen molar-refractivity contribution in [2.24, 2.45) is 0 Å². The summed E-state index contributed by atoms with van der Waals surface area (Å²) in [5, 5.41) is 10.5. The standard InChI is InChI=1S/C19H25NO4S/c1-15-9-10-17(24-3)18(13-15)25(22,23)20-14-19(2,21)12-11-16-7-5-4-6-8-16/h4-10,13,20-21H,11-12,14H2,1-3H3. The van der Waals surface area contributed by atoms with Crippen molar-refractivity contribution >= 4 is 10.0 Å². The number of aryl methyl sites for hydroxylation is 2. The second-order valence-electron chi connectivity index (χ2n) is 6.46. The topological polar surface area (TPSA) is 75.6 Å². The Balaban J connectivity index is 2.04. The van der Waals surface area contributed by atoms with E-state index in [9.17, 15) is 13.5 Å². The zero-order chi connectivity index (χ0) is 18.5. The molecule has 25 heavy (non-hydrogen) atoms. The molecule has 0 fully saturated rings. The summed E-state index contributed by atoms with van der Waals surface area (Å²) in [6.07, 6.45) is 1.12. The van der Waals surface area contributed by atoms with E-state index in [-0.39, 0.29) is 17.2 Å². The summed E-state index contributed by atoms with van der Waals surface area (Å²) in [6, 6.07) is 14.7. The summed E-state index contributed by atoms with van der Waals surface area (Å²) < 4.78 is 32.8. The van der Waals surface area contributed by atoms with Gasteiger partial charge in [-0.2, -0.15) is 0 Å². The molecule has 2 rings (SSSR count). The van der Waals surface area contributed by atoms with Crippen LogP contribution in [-0.2, 0) is 16.4 Å². The van der Waals surface area contributed by atoms with Crippen molar-refractivity contribution in [2.75, 3.05) is 13.7 Å². The van der Waals surface area contributed by atoms with E-state index in [0.29, 0.717) is 12.8 Å². The lowest BCUT2D eigenvalue weighted by molar-refractivity contribution is 0.0565. The number of hydrogen-bond acceptors (Lipinski definition) is 4. The normalized spacial score (nSPS) is 14.1. The van der Waals surface area contributed by atoms with Crippen LogP contribution in [0.1, 0.15) is 24.5 Å². The van der Waals surface area contributed by atoms with Crippen LogP contribution in [0, 0.1) is 6.92 Å². The van der Waals surface area contributed by atoms with Gasteiger partial charge < -0.3 is 9.84 Å². The van der Waals surface area contributed by atoms with Gasteiger partial charge in [-0.1, -0.05) is 36.4 Å². The third-order valence-electron chi connectivity index (χ3n) is 4.05. The molecule has 0 spiro atoms. The first-order valence-corrected chi connectivity index (χ1v) is 9.62. The van der Waals surface area contributed by atoms with Crippen molar-refractivity contribution in [3.05, 3.63) is 59.7 Å². The van der Waals surface area contributed by atoms with Gasteiger partial charge in [0.1, 0.15) is 10.6 Å². The average molecular weight is 363 g/mol. The van der Waals surface area contributed by atoms with Crippen LogP contribution in [0.5, 0.6) is 5.75 Å².